The number of aliphatic hydroxyl groups is 1. The first kappa shape index (κ1) is 58.3. The predicted molar refractivity (Wildman–Crippen MR) is 244 cm³/mol. The second kappa shape index (κ2) is 34.6. The number of amides is 2. The second-order valence-electron chi connectivity index (χ2n) is 15.1. The summed E-state index contributed by atoms with van der Waals surface area (Å²) in [5, 5.41) is 14.6. The number of hydrogen-bond acceptors (Lipinski definition) is 16. The van der Waals surface area contributed by atoms with Crippen LogP contribution in [0.1, 0.15) is 38.8 Å². The molecule has 66 heavy (non-hydrogen) atoms. The van der Waals surface area contributed by atoms with E-state index in [1.54, 1.807) is 39.8 Å². The number of methoxy groups -OCH3 is 2. The minimum Gasteiger partial charge on any atom is -0.467 e. The Morgan fingerprint density at radius 2 is 0.924 bits per heavy atom. The van der Waals surface area contributed by atoms with E-state index in [9.17, 15) is 29.1 Å². The molecule has 18 nitrogen and oxygen atoms in total. The van der Waals surface area contributed by atoms with Crippen LogP contribution in [0.4, 0.5) is 9.59 Å². The topological polar surface area (TPSA) is 222 Å². The fourth-order valence-corrected chi connectivity index (χ4v) is 5.04. The molecule has 2 amide bonds. The number of benzene rings is 2. The summed E-state index contributed by atoms with van der Waals surface area (Å²) in [4.78, 5) is 59.9. The summed E-state index contributed by atoms with van der Waals surface area (Å²) in [5.41, 5.74) is 4.67. The van der Waals surface area contributed by atoms with Gasteiger partial charge in [-0.2, -0.15) is 0 Å². The minimum atomic E-state index is -1.12. The monoisotopic (exact) mass is 928 g/mol. The van der Waals surface area contributed by atoms with Crippen LogP contribution in [0.15, 0.2) is 109 Å². The molecule has 0 aliphatic carbocycles. The number of nitrogens with one attached hydrogen (secondary N) is 2. The number of ether oxygens (including phenoxy) is 10. The molecule has 2 aromatic rings. The molecule has 0 heterocycles. The average Bonchev–Trinajstić information content (AvgIpc) is 3.30. The molecule has 0 fully saturated rings. The number of esters is 2. The molecule has 0 aliphatic heterocycles. The lowest BCUT2D eigenvalue weighted by Crippen LogP contribution is -2.46. The van der Waals surface area contributed by atoms with Crippen LogP contribution in [0.3, 0.4) is 0 Å². The molecule has 0 unspecified atom stereocenters. The van der Waals surface area contributed by atoms with Gasteiger partial charge in [0.15, 0.2) is 18.4 Å². The third-order valence-electron chi connectivity index (χ3n) is 8.36. The van der Waals surface area contributed by atoms with Gasteiger partial charge in [-0.1, -0.05) is 109 Å². The summed E-state index contributed by atoms with van der Waals surface area (Å²) in [7, 11) is 2.40. The van der Waals surface area contributed by atoms with Gasteiger partial charge in [0, 0.05) is 0 Å². The number of carbonyl (C=O) groups excluding carboxylic acids is 5. The third kappa shape index (κ3) is 26.9. The standard InChI is InChI=1S/C24H35NO8.C24H33NO8/c2*1-17(2)12-31-21(11-26)22(32-13-18(3)4)16-30-15-20(23(27)29-5)25-24(28)33-14-19-9-7-6-8-10-19/h6-10,20-22,26H,1,3,11-16H2,2,4-5H3,(H,25,28);6-11,20-22H,1,3,12-16H2,2,4-5H3,(H,25,28)/t2*20-,21-,22-/m00/s1. The van der Waals surface area contributed by atoms with Crippen LogP contribution in [0.2, 0.25) is 0 Å². The molecular formula is C48H68N2O16. The highest BCUT2D eigenvalue weighted by Crippen LogP contribution is 2.11. The molecule has 366 valence electrons. The van der Waals surface area contributed by atoms with Crippen molar-refractivity contribution in [3.63, 3.8) is 0 Å². The Bertz CT molecular complexity index is 1790. The molecule has 0 spiro atoms. The Labute approximate surface area is 388 Å². The van der Waals surface area contributed by atoms with Crippen LogP contribution in [0.25, 0.3) is 0 Å². The van der Waals surface area contributed by atoms with Crippen molar-refractivity contribution in [3.05, 3.63) is 120 Å². The van der Waals surface area contributed by atoms with Crippen LogP contribution >= 0.6 is 0 Å². The van der Waals surface area contributed by atoms with Gasteiger partial charge in [-0.15, -0.1) is 0 Å². The Morgan fingerprint density at radius 3 is 1.29 bits per heavy atom. The zero-order valence-electron chi connectivity index (χ0n) is 39.0. The Balaban J connectivity index is 0.000000660. The van der Waals surface area contributed by atoms with Gasteiger partial charge in [0.1, 0.15) is 37.6 Å². The van der Waals surface area contributed by atoms with E-state index in [0.29, 0.717) is 6.29 Å². The largest absolute Gasteiger partial charge is 0.467 e. The smallest absolute Gasteiger partial charge is 0.408 e. The Kier molecular flexibility index (Phi) is 30.6. The van der Waals surface area contributed by atoms with Crippen LogP contribution in [-0.4, -0.2) is 146 Å². The molecule has 0 saturated heterocycles. The maximum absolute atomic E-state index is 12.1. The van der Waals surface area contributed by atoms with Crippen molar-refractivity contribution in [1.82, 2.24) is 10.6 Å². The second-order valence-corrected chi connectivity index (χ2v) is 15.1. The Hall–Kier alpha value is -5.73. The fourth-order valence-electron chi connectivity index (χ4n) is 5.04. The summed E-state index contributed by atoms with van der Waals surface area (Å²) >= 11 is 0. The number of aliphatic hydroxyl groups excluding tert-OH is 1. The number of alkyl carbamates (subject to hydrolysis) is 2. The average molecular weight is 929 g/mol. The highest BCUT2D eigenvalue weighted by Gasteiger charge is 2.28. The van der Waals surface area contributed by atoms with E-state index in [2.05, 4.69) is 36.9 Å². The van der Waals surface area contributed by atoms with E-state index < -0.39 is 60.6 Å². The van der Waals surface area contributed by atoms with Crippen molar-refractivity contribution in [2.75, 3.05) is 73.7 Å². The van der Waals surface area contributed by atoms with E-state index >= 15 is 0 Å². The molecule has 2 aromatic carbocycles. The van der Waals surface area contributed by atoms with E-state index in [0.717, 1.165) is 33.4 Å². The number of rotatable bonds is 32. The van der Waals surface area contributed by atoms with E-state index in [-0.39, 0.29) is 72.7 Å². The Morgan fingerprint density at radius 1 is 0.561 bits per heavy atom. The summed E-state index contributed by atoms with van der Waals surface area (Å²) in [5.74, 6) is -1.40. The van der Waals surface area contributed by atoms with E-state index in [1.165, 1.54) is 14.2 Å². The van der Waals surface area contributed by atoms with Crippen molar-refractivity contribution < 1.29 is 76.4 Å². The molecule has 2 rings (SSSR count). The lowest BCUT2D eigenvalue weighted by Gasteiger charge is -2.27. The van der Waals surface area contributed by atoms with Gasteiger partial charge < -0.3 is 67.9 Å². The first-order valence-corrected chi connectivity index (χ1v) is 20.9. The summed E-state index contributed by atoms with van der Waals surface area (Å²) in [6.45, 7) is 22.4. The zero-order valence-corrected chi connectivity index (χ0v) is 39.0. The number of hydrogen-bond donors (Lipinski definition) is 3. The van der Waals surface area contributed by atoms with Gasteiger partial charge in [0.2, 0.25) is 0 Å². The van der Waals surface area contributed by atoms with Crippen molar-refractivity contribution in [2.24, 2.45) is 0 Å². The fraction of sp³-hybridized carbons (Fsp3) is 0.479. The third-order valence-corrected chi connectivity index (χ3v) is 8.36. The zero-order chi connectivity index (χ0) is 49.3. The summed E-state index contributed by atoms with van der Waals surface area (Å²) < 4.78 is 53.6. The SMILES string of the molecule is C=C(C)CO[C@@H](C=O)[C@H](COC[C@H](NC(=O)OCc1ccccc1)C(=O)OC)OCC(=C)C.C=C(C)CO[C@@H](CO)[C@H](COC[C@H](NC(=O)OCc1ccccc1)C(=O)OC)OCC(=C)C. The van der Waals surface area contributed by atoms with Crippen LogP contribution in [-0.2, 0) is 75.0 Å². The summed E-state index contributed by atoms with van der Waals surface area (Å²) in [6, 6.07) is 16.0. The number of carbonyl (C=O) groups is 5. The molecule has 18 heteroatoms. The van der Waals surface area contributed by atoms with Crippen molar-refractivity contribution in [1.29, 1.82) is 0 Å². The summed E-state index contributed by atoms with van der Waals surface area (Å²) in [6.07, 6.45) is -3.97. The molecule has 0 radical (unpaired) electrons. The molecule has 3 N–H and O–H groups in total. The van der Waals surface area contributed by atoms with Crippen LogP contribution in [0, 0.1) is 0 Å². The first-order chi connectivity index (χ1) is 31.5. The molecule has 6 atom stereocenters. The maximum atomic E-state index is 12.1. The first-order valence-electron chi connectivity index (χ1n) is 20.9. The van der Waals surface area contributed by atoms with Crippen LogP contribution in [0.5, 0.6) is 0 Å². The molecule has 0 saturated carbocycles. The van der Waals surface area contributed by atoms with Gasteiger partial charge in [0.25, 0.3) is 0 Å². The van der Waals surface area contributed by atoms with Crippen molar-refractivity contribution in [2.45, 2.75) is 77.4 Å². The molecular weight excluding hydrogens is 861 g/mol. The van der Waals surface area contributed by atoms with E-state index in [4.69, 9.17) is 47.4 Å². The van der Waals surface area contributed by atoms with Gasteiger partial charge in [-0.05, 0) is 38.8 Å². The maximum Gasteiger partial charge on any atom is 0.408 e. The van der Waals surface area contributed by atoms with Gasteiger partial charge >= 0.3 is 24.1 Å². The lowest BCUT2D eigenvalue weighted by atomic mass is 10.2. The van der Waals surface area contributed by atoms with Crippen LogP contribution < -0.4 is 10.6 Å². The van der Waals surface area contributed by atoms with Crippen molar-refractivity contribution >= 4 is 30.4 Å². The highest BCUT2D eigenvalue weighted by atomic mass is 16.6. The van der Waals surface area contributed by atoms with Crippen molar-refractivity contribution in [3.8, 4) is 0 Å². The van der Waals surface area contributed by atoms with Gasteiger partial charge in [-0.25, -0.2) is 19.2 Å². The van der Waals surface area contributed by atoms with Gasteiger partial charge in [-0.3, -0.25) is 0 Å². The minimum absolute atomic E-state index is 0.0110. The molecule has 0 aromatic heterocycles. The predicted octanol–water partition coefficient (Wildman–Crippen LogP) is 4.98. The van der Waals surface area contributed by atoms with E-state index in [1.807, 2.05) is 48.5 Å². The highest BCUT2D eigenvalue weighted by molar-refractivity contribution is 5.82. The quantitative estimate of drug-likeness (QED) is 0.0381. The number of aldehydes is 1. The van der Waals surface area contributed by atoms with Gasteiger partial charge in [0.05, 0.1) is 73.7 Å². The molecule has 0 bridgehead atoms. The molecule has 0 aliphatic rings. The normalized spacial score (nSPS) is 13.4. The lowest BCUT2D eigenvalue weighted by molar-refractivity contribution is -0.147.